The van der Waals surface area contributed by atoms with Crippen LogP contribution in [0.3, 0.4) is 0 Å². The van der Waals surface area contributed by atoms with Crippen LogP contribution in [0.15, 0.2) is 0 Å². The lowest BCUT2D eigenvalue weighted by Crippen LogP contribution is -2.54. The summed E-state index contributed by atoms with van der Waals surface area (Å²) in [6.07, 6.45) is 18.8. The number of rotatable bonds is 1. The van der Waals surface area contributed by atoms with Gasteiger partial charge in [0.05, 0.1) is 6.10 Å². The first-order chi connectivity index (χ1) is 12.0. The van der Waals surface area contributed by atoms with E-state index in [1.54, 1.807) is 19.3 Å². The lowest BCUT2D eigenvalue weighted by molar-refractivity contribution is -0.129. The van der Waals surface area contributed by atoms with Gasteiger partial charge in [-0.2, -0.15) is 0 Å². The van der Waals surface area contributed by atoms with Gasteiger partial charge in [0, 0.05) is 0 Å². The van der Waals surface area contributed by atoms with Gasteiger partial charge in [0.15, 0.2) is 0 Å². The molecule has 0 unspecified atom stereocenters. The summed E-state index contributed by atoms with van der Waals surface area (Å²) in [6.45, 7) is 5.13. The number of aliphatic hydroxyl groups is 1. The molecule has 0 saturated heterocycles. The Kier molecular flexibility index (Phi) is 4.09. The van der Waals surface area contributed by atoms with Crippen molar-refractivity contribution in [3.05, 3.63) is 0 Å². The van der Waals surface area contributed by atoms with Crippen molar-refractivity contribution in [3.8, 4) is 0 Å². The fraction of sp³-hybridized carbons (Fsp3) is 1.00. The van der Waals surface area contributed by atoms with Gasteiger partial charge in [-0.05, 0) is 104 Å². The number of fused-ring (bicyclic) bond motifs is 5. The van der Waals surface area contributed by atoms with Gasteiger partial charge in [0.2, 0.25) is 0 Å². The highest BCUT2D eigenvalue weighted by Gasteiger charge is 2.60. The SMILES string of the molecule is C[C@]12CC[C@@H](C3CCCC3)C[C@H]1CC[C@@H]1[C@@H]2CC[C@]2(C)[C@@H](O)CC[C@@H]12. The summed E-state index contributed by atoms with van der Waals surface area (Å²) in [5, 5.41) is 10.6. The van der Waals surface area contributed by atoms with E-state index < -0.39 is 0 Å². The maximum absolute atomic E-state index is 10.6. The van der Waals surface area contributed by atoms with Crippen LogP contribution in [0.2, 0.25) is 0 Å². The summed E-state index contributed by atoms with van der Waals surface area (Å²) >= 11 is 0. The van der Waals surface area contributed by atoms with Crippen molar-refractivity contribution in [2.45, 2.75) is 103 Å². The first-order valence-corrected chi connectivity index (χ1v) is 11.7. The van der Waals surface area contributed by atoms with Crippen molar-refractivity contribution < 1.29 is 5.11 Å². The van der Waals surface area contributed by atoms with Crippen LogP contribution >= 0.6 is 0 Å². The van der Waals surface area contributed by atoms with Gasteiger partial charge in [-0.1, -0.05) is 39.5 Å². The first kappa shape index (κ1) is 17.1. The highest BCUT2D eigenvalue weighted by molar-refractivity contribution is 5.09. The highest BCUT2D eigenvalue weighted by atomic mass is 16.3. The Balaban J connectivity index is 1.35. The van der Waals surface area contributed by atoms with E-state index in [0.717, 1.165) is 41.9 Å². The molecular formula is C24H40O. The van der Waals surface area contributed by atoms with Gasteiger partial charge in [-0.3, -0.25) is 0 Å². The minimum absolute atomic E-state index is 0.0120. The van der Waals surface area contributed by atoms with Gasteiger partial charge >= 0.3 is 0 Å². The average molecular weight is 345 g/mol. The molecule has 1 nitrogen and oxygen atoms in total. The van der Waals surface area contributed by atoms with Crippen molar-refractivity contribution in [3.63, 3.8) is 0 Å². The summed E-state index contributed by atoms with van der Waals surface area (Å²) in [4.78, 5) is 0. The number of aliphatic hydroxyl groups excluding tert-OH is 1. The van der Waals surface area contributed by atoms with Gasteiger partial charge in [-0.15, -0.1) is 0 Å². The second-order valence-electron chi connectivity index (χ2n) is 11.4. The molecule has 0 aromatic heterocycles. The standard InChI is InChI=1S/C24H40O/c1-23-13-11-17(16-5-3-4-6-16)15-18(23)7-8-19-20-9-10-22(25)24(20,2)14-12-21(19)23/h16-22,25H,3-15H2,1-2H3/t17-,18-,19+,20+,21+,22+,23+,24+/m1/s1. The number of hydrogen-bond acceptors (Lipinski definition) is 1. The summed E-state index contributed by atoms with van der Waals surface area (Å²) in [7, 11) is 0. The predicted molar refractivity (Wildman–Crippen MR) is 103 cm³/mol. The molecule has 25 heavy (non-hydrogen) atoms. The maximum Gasteiger partial charge on any atom is 0.0596 e. The summed E-state index contributed by atoms with van der Waals surface area (Å²) < 4.78 is 0. The summed E-state index contributed by atoms with van der Waals surface area (Å²) in [6, 6.07) is 0. The van der Waals surface area contributed by atoms with E-state index in [9.17, 15) is 5.11 Å². The van der Waals surface area contributed by atoms with Gasteiger partial charge in [0.25, 0.3) is 0 Å². The smallest absolute Gasteiger partial charge is 0.0596 e. The van der Waals surface area contributed by atoms with Crippen molar-refractivity contribution in [2.24, 2.45) is 46.3 Å². The second kappa shape index (κ2) is 5.98. The monoisotopic (exact) mass is 344 g/mol. The second-order valence-corrected chi connectivity index (χ2v) is 11.4. The molecule has 0 spiro atoms. The summed E-state index contributed by atoms with van der Waals surface area (Å²) in [5.74, 6) is 5.90. The Morgan fingerprint density at radius 3 is 2.20 bits per heavy atom. The molecule has 5 fully saturated rings. The molecule has 0 amide bonds. The third-order valence-electron chi connectivity index (χ3n) is 10.7. The van der Waals surface area contributed by atoms with Crippen molar-refractivity contribution in [1.29, 1.82) is 0 Å². The zero-order chi connectivity index (χ0) is 17.2. The van der Waals surface area contributed by atoms with Crippen LogP contribution in [0.5, 0.6) is 0 Å². The predicted octanol–water partition coefficient (Wildman–Crippen LogP) is 6.20. The molecule has 0 aromatic carbocycles. The average Bonchev–Trinajstić information content (AvgIpc) is 3.23. The van der Waals surface area contributed by atoms with E-state index in [4.69, 9.17) is 0 Å². The number of hydrogen-bond donors (Lipinski definition) is 1. The van der Waals surface area contributed by atoms with Crippen molar-refractivity contribution >= 4 is 0 Å². The summed E-state index contributed by atoms with van der Waals surface area (Å²) in [5.41, 5.74) is 0.887. The molecule has 0 bridgehead atoms. The van der Waals surface area contributed by atoms with Crippen LogP contribution < -0.4 is 0 Å². The van der Waals surface area contributed by atoms with Crippen LogP contribution in [0, 0.1) is 46.3 Å². The Bertz CT molecular complexity index is 508. The molecule has 0 heterocycles. The van der Waals surface area contributed by atoms with Crippen LogP contribution in [-0.2, 0) is 0 Å². The van der Waals surface area contributed by atoms with Gasteiger partial charge < -0.3 is 5.11 Å². The zero-order valence-corrected chi connectivity index (χ0v) is 16.7. The molecule has 0 aliphatic heterocycles. The van der Waals surface area contributed by atoms with Crippen LogP contribution in [0.25, 0.3) is 0 Å². The molecule has 5 saturated carbocycles. The van der Waals surface area contributed by atoms with Crippen molar-refractivity contribution in [1.82, 2.24) is 0 Å². The minimum atomic E-state index is -0.0120. The van der Waals surface area contributed by atoms with E-state index in [2.05, 4.69) is 13.8 Å². The Morgan fingerprint density at radius 2 is 1.40 bits per heavy atom. The van der Waals surface area contributed by atoms with E-state index >= 15 is 0 Å². The lowest BCUT2D eigenvalue weighted by Gasteiger charge is -2.61. The van der Waals surface area contributed by atoms with E-state index in [-0.39, 0.29) is 11.5 Å². The Labute approximate surface area is 155 Å². The molecule has 5 rings (SSSR count). The molecule has 0 aromatic rings. The van der Waals surface area contributed by atoms with E-state index in [1.807, 2.05) is 0 Å². The largest absolute Gasteiger partial charge is 0.393 e. The molecule has 1 heteroatoms. The molecule has 5 aliphatic carbocycles. The first-order valence-electron chi connectivity index (χ1n) is 11.7. The fourth-order valence-corrected chi connectivity index (χ4v) is 9.12. The normalized spacial score (nSPS) is 56.3. The van der Waals surface area contributed by atoms with Crippen LogP contribution in [0.1, 0.15) is 97.3 Å². The molecule has 5 aliphatic rings. The fourth-order valence-electron chi connectivity index (χ4n) is 9.12. The molecule has 8 atom stereocenters. The lowest BCUT2D eigenvalue weighted by atomic mass is 9.44. The maximum atomic E-state index is 10.6. The zero-order valence-electron chi connectivity index (χ0n) is 16.7. The molecular weight excluding hydrogens is 304 g/mol. The van der Waals surface area contributed by atoms with E-state index in [1.165, 1.54) is 57.8 Å². The van der Waals surface area contributed by atoms with Gasteiger partial charge in [0.1, 0.15) is 0 Å². The van der Waals surface area contributed by atoms with E-state index in [0.29, 0.717) is 5.41 Å². The minimum Gasteiger partial charge on any atom is -0.393 e. The Hall–Kier alpha value is -0.0400. The quantitative estimate of drug-likeness (QED) is 0.600. The molecule has 142 valence electrons. The van der Waals surface area contributed by atoms with Crippen LogP contribution in [0.4, 0.5) is 0 Å². The van der Waals surface area contributed by atoms with Crippen molar-refractivity contribution in [2.75, 3.05) is 0 Å². The molecule has 1 N–H and O–H groups in total. The molecule has 0 radical (unpaired) electrons. The highest BCUT2D eigenvalue weighted by Crippen LogP contribution is 2.67. The topological polar surface area (TPSA) is 20.2 Å². The third-order valence-corrected chi connectivity index (χ3v) is 10.7. The van der Waals surface area contributed by atoms with Gasteiger partial charge in [-0.25, -0.2) is 0 Å². The van der Waals surface area contributed by atoms with Crippen LogP contribution in [-0.4, -0.2) is 11.2 Å². The third kappa shape index (κ3) is 2.43. The Morgan fingerprint density at radius 1 is 0.680 bits per heavy atom.